The largest absolute Gasteiger partial charge is 0.352 e. The Morgan fingerprint density at radius 1 is 1.42 bits per heavy atom. The van der Waals surface area contributed by atoms with Gasteiger partial charge in [0, 0.05) is 49.4 Å². The molecule has 1 N–H and O–H groups in total. The molecule has 0 radical (unpaired) electrons. The summed E-state index contributed by atoms with van der Waals surface area (Å²) < 4.78 is 1.84. The quantitative estimate of drug-likeness (QED) is 0.875. The number of nitrogens with zero attached hydrogens (tertiary/aromatic N) is 3. The molecule has 3 rings (SSSR count). The van der Waals surface area contributed by atoms with E-state index in [9.17, 15) is 4.79 Å². The Hall–Kier alpha value is -1.85. The number of aromatic nitrogens is 2. The van der Waals surface area contributed by atoms with Crippen molar-refractivity contribution in [1.29, 1.82) is 0 Å². The van der Waals surface area contributed by atoms with Gasteiger partial charge in [-0.25, -0.2) is 0 Å². The predicted octanol–water partition coefficient (Wildman–Crippen LogP) is 2.92. The predicted molar refractivity (Wildman–Crippen MR) is 94.7 cm³/mol. The second-order valence-electron chi connectivity index (χ2n) is 6.26. The Bertz CT molecular complexity index is 700. The van der Waals surface area contributed by atoms with Gasteiger partial charge in [0.25, 0.3) is 0 Å². The van der Waals surface area contributed by atoms with E-state index in [1.807, 2.05) is 42.2 Å². The van der Waals surface area contributed by atoms with E-state index in [1.54, 1.807) is 0 Å². The summed E-state index contributed by atoms with van der Waals surface area (Å²) in [5.41, 5.74) is 2.19. The highest BCUT2D eigenvalue weighted by molar-refractivity contribution is 6.31. The maximum atomic E-state index is 12.1. The first-order chi connectivity index (χ1) is 11.6. The van der Waals surface area contributed by atoms with Gasteiger partial charge >= 0.3 is 0 Å². The van der Waals surface area contributed by atoms with Crippen molar-refractivity contribution in [3.8, 4) is 0 Å². The van der Waals surface area contributed by atoms with E-state index in [2.05, 4.69) is 21.5 Å². The number of benzene rings is 1. The van der Waals surface area contributed by atoms with Crippen LogP contribution in [0.15, 0.2) is 36.7 Å². The molecule has 6 heteroatoms. The fraction of sp³-hybridized carbons (Fsp3) is 0.444. The summed E-state index contributed by atoms with van der Waals surface area (Å²) in [6.45, 7) is 2.29. The van der Waals surface area contributed by atoms with Gasteiger partial charge in [-0.05, 0) is 31.0 Å². The summed E-state index contributed by atoms with van der Waals surface area (Å²) in [6, 6.07) is 7.97. The van der Waals surface area contributed by atoms with Gasteiger partial charge < -0.3 is 5.32 Å². The summed E-state index contributed by atoms with van der Waals surface area (Å²) in [5.74, 6) is 0.0618. The molecule has 128 valence electrons. The molecular weight excluding hydrogens is 324 g/mol. The Kier molecular flexibility index (Phi) is 5.53. The maximum Gasteiger partial charge on any atom is 0.221 e. The van der Waals surface area contributed by atoms with Crippen LogP contribution in [0.1, 0.15) is 36.4 Å². The lowest BCUT2D eigenvalue weighted by atomic mass is 10.1. The molecule has 1 amide bonds. The number of hydrogen-bond donors (Lipinski definition) is 1. The zero-order valence-electron chi connectivity index (χ0n) is 13.9. The fourth-order valence-electron chi connectivity index (χ4n) is 3.25. The maximum absolute atomic E-state index is 12.1. The average Bonchev–Trinajstić information content (AvgIpc) is 3.20. The molecule has 0 saturated carbocycles. The summed E-state index contributed by atoms with van der Waals surface area (Å²) in [6.07, 6.45) is 6.80. The minimum Gasteiger partial charge on any atom is -0.352 e. The van der Waals surface area contributed by atoms with Gasteiger partial charge in [-0.1, -0.05) is 29.8 Å². The first-order valence-electron chi connectivity index (χ1n) is 8.36. The number of carbonyl (C=O) groups excluding carboxylic acids is 1. The molecule has 2 heterocycles. The molecule has 0 aliphatic carbocycles. The van der Waals surface area contributed by atoms with E-state index in [-0.39, 0.29) is 5.91 Å². The molecule has 24 heavy (non-hydrogen) atoms. The van der Waals surface area contributed by atoms with Crippen molar-refractivity contribution in [3.63, 3.8) is 0 Å². The second kappa shape index (κ2) is 7.81. The number of likely N-dealkylation sites (tertiary alicyclic amines) is 1. The highest BCUT2D eigenvalue weighted by atomic mass is 35.5. The Morgan fingerprint density at radius 2 is 2.25 bits per heavy atom. The van der Waals surface area contributed by atoms with Crippen molar-refractivity contribution >= 4 is 17.5 Å². The molecule has 1 aromatic carbocycles. The van der Waals surface area contributed by atoms with Crippen molar-refractivity contribution in [2.45, 2.75) is 31.8 Å². The van der Waals surface area contributed by atoms with Crippen LogP contribution in [0.25, 0.3) is 0 Å². The first-order valence-corrected chi connectivity index (χ1v) is 8.74. The third-order valence-electron chi connectivity index (χ3n) is 4.53. The summed E-state index contributed by atoms with van der Waals surface area (Å²) >= 11 is 6.11. The Labute approximate surface area is 147 Å². The van der Waals surface area contributed by atoms with Crippen LogP contribution in [0, 0.1) is 0 Å². The van der Waals surface area contributed by atoms with Crippen molar-refractivity contribution < 1.29 is 4.79 Å². The zero-order valence-corrected chi connectivity index (χ0v) is 14.7. The number of amides is 1. The number of rotatable bonds is 6. The minimum absolute atomic E-state index is 0.0618. The molecule has 0 bridgehead atoms. The average molecular weight is 347 g/mol. The molecule has 1 aromatic heterocycles. The van der Waals surface area contributed by atoms with E-state index in [4.69, 9.17) is 11.6 Å². The zero-order chi connectivity index (χ0) is 16.9. The van der Waals surface area contributed by atoms with Crippen molar-refractivity contribution in [3.05, 3.63) is 52.8 Å². The molecule has 1 aliphatic rings. The van der Waals surface area contributed by atoms with Gasteiger partial charge in [0.2, 0.25) is 5.91 Å². The standard InChI is InChI=1S/C18H23ClN4O/c1-22-13-15(12-21-22)17-7-4-9-23(17)10-8-18(24)20-11-14-5-2-3-6-16(14)19/h2-3,5-6,12-13,17H,4,7-11H2,1H3,(H,20,24)/t17-/m0/s1. The number of aryl methyl sites for hydroxylation is 1. The summed E-state index contributed by atoms with van der Waals surface area (Å²) in [5, 5.41) is 7.91. The van der Waals surface area contributed by atoms with Crippen molar-refractivity contribution in [2.24, 2.45) is 7.05 Å². The Balaban J connectivity index is 1.48. The lowest BCUT2D eigenvalue weighted by Gasteiger charge is -2.23. The monoisotopic (exact) mass is 346 g/mol. The summed E-state index contributed by atoms with van der Waals surface area (Å²) in [7, 11) is 1.94. The molecule has 1 atom stereocenters. The number of carbonyl (C=O) groups is 1. The molecule has 1 saturated heterocycles. The van der Waals surface area contributed by atoms with Crippen LogP contribution >= 0.6 is 11.6 Å². The Morgan fingerprint density at radius 3 is 3.00 bits per heavy atom. The van der Waals surface area contributed by atoms with E-state index < -0.39 is 0 Å². The molecule has 0 spiro atoms. The highest BCUT2D eigenvalue weighted by Gasteiger charge is 2.26. The van der Waals surface area contributed by atoms with Crippen LogP contribution in [0.2, 0.25) is 5.02 Å². The molecule has 2 aromatic rings. The third-order valence-corrected chi connectivity index (χ3v) is 4.90. The van der Waals surface area contributed by atoms with Crippen LogP contribution in [0.5, 0.6) is 0 Å². The SMILES string of the molecule is Cn1cc([C@@H]2CCCN2CCC(=O)NCc2ccccc2Cl)cn1. The fourth-order valence-corrected chi connectivity index (χ4v) is 3.46. The van der Waals surface area contributed by atoms with E-state index in [0.717, 1.165) is 25.1 Å². The van der Waals surface area contributed by atoms with E-state index >= 15 is 0 Å². The molecule has 1 aliphatic heterocycles. The van der Waals surface area contributed by atoms with E-state index in [1.165, 1.54) is 12.0 Å². The van der Waals surface area contributed by atoms with Crippen LogP contribution < -0.4 is 5.32 Å². The van der Waals surface area contributed by atoms with E-state index in [0.29, 0.717) is 24.0 Å². The number of hydrogen-bond acceptors (Lipinski definition) is 3. The van der Waals surface area contributed by atoms with Crippen LogP contribution in [0.3, 0.4) is 0 Å². The lowest BCUT2D eigenvalue weighted by molar-refractivity contribution is -0.121. The van der Waals surface area contributed by atoms with Gasteiger partial charge in [0.15, 0.2) is 0 Å². The topological polar surface area (TPSA) is 50.2 Å². The van der Waals surface area contributed by atoms with Gasteiger partial charge in [-0.2, -0.15) is 5.10 Å². The molecule has 1 fully saturated rings. The van der Waals surface area contributed by atoms with Crippen LogP contribution in [-0.2, 0) is 18.4 Å². The highest BCUT2D eigenvalue weighted by Crippen LogP contribution is 2.31. The normalized spacial score (nSPS) is 18.0. The smallest absolute Gasteiger partial charge is 0.221 e. The number of halogens is 1. The van der Waals surface area contributed by atoms with Crippen molar-refractivity contribution in [1.82, 2.24) is 20.0 Å². The van der Waals surface area contributed by atoms with Gasteiger partial charge in [0.05, 0.1) is 6.20 Å². The lowest BCUT2D eigenvalue weighted by Crippen LogP contribution is -2.30. The molecule has 0 unspecified atom stereocenters. The van der Waals surface area contributed by atoms with Gasteiger partial charge in [-0.15, -0.1) is 0 Å². The van der Waals surface area contributed by atoms with Crippen molar-refractivity contribution in [2.75, 3.05) is 13.1 Å². The first kappa shape index (κ1) is 17.0. The van der Waals surface area contributed by atoms with Crippen LogP contribution in [-0.4, -0.2) is 33.7 Å². The minimum atomic E-state index is 0.0618. The third kappa shape index (κ3) is 4.16. The molecular formula is C18H23ClN4O. The second-order valence-corrected chi connectivity index (χ2v) is 6.67. The van der Waals surface area contributed by atoms with Gasteiger partial charge in [0.1, 0.15) is 0 Å². The molecule has 5 nitrogen and oxygen atoms in total. The number of nitrogens with one attached hydrogen (secondary N) is 1. The summed E-state index contributed by atoms with van der Waals surface area (Å²) in [4.78, 5) is 14.5. The van der Waals surface area contributed by atoms with Gasteiger partial charge in [-0.3, -0.25) is 14.4 Å². The van der Waals surface area contributed by atoms with Crippen LogP contribution in [0.4, 0.5) is 0 Å².